The van der Waals surface area contributed by atoms with E-state index in [1.807, 2.05) is 15.9 Å². The lowest BCUT2D eigenvalue weighted by Crippen LogP contribution is -2.45. The molecule has 1 aromatic rings. The van der Waals surface area contributed by atoms with Crippen molar-refractivity contribution in [3.05, 3.63) is 33.8 Å². The molecule has 0 atom stereocenters. The second-order valence-corrected chi connectivity index (χ2v) is 8.12. The standard InChI is InChI=1S/C20H26Cl2N2O2/c21-17-6-4-15(18(22)14-17)5-7-19(25)23-12-8-16(9-13-23)20(26)24-10-2-1-3-11-24/h4,6,14,16H,1-3,5,7-13H2. The smallest absolute Gasteiger partial charge is 0.225 e. The fourth-order valence-electron chi connectivity index (χ4n) is 3.87. The van der Waals surface area contributed by atoms with Crippen molar-refractivity contribution in [2.45, 2.75) is 44.9 Å². The third kappa shape index (κ3) is 4.92. The molecular weight excluding hydrogens is 371 g/mol. The van der Waals surface area contributed by atoms with E-state index in [4.69, 9.17) is 23.2 Å². The van der Waals surface area contributed by atoms with Gasteiger partial charge in [0.15, 0.2) is 0 Å². The van der Waals surface area contributed by atoms with Gasteiger partial charge in [0, 0.05) is 48.6 Å². The molecule has 2 amide bonds. The lowest BCUT2D eigenvalue weighted by atomic mass is 9.94. The van der Waals surface area contributed by atoms with Crippen molar-refractivity contribution < 1.29 is 9.59 Å². The Morgan fingerprint density at radius 1 is 0.962 bits per heavy atom. The summed E-state index contributed by atoms with van der Waals surface area (Å²) in [5.74, 6) is 0.521. The number of aryl methyl sites for hydroxylation is 1. The second kappa shape index (κ2) is 9.09. The number of likely N-dealkylation sites (tertiary alicyclic amines) is 2. The Labute approximate surface area is 165 Å². The molecular formula is C20H26Cl2N2O2. The Morgan fingerprint density at radius 3 is 2.31 bits per heavy atom. The summed E-state index contributed by atoms with van der Waals surface area (Å²) in [6.07, 6.45) is 6.08. The number of carbonyl (C=O) groups excluding carboxylic acids is 2. The molecule has 142 valence electrons. The Balaban J connectivity index is 1.45. The van der Waals surface area contributed by atoms with E-state index in [9.17, 15) is 9.59 Å². The van der Waals surface area contributed by atoms with E-state index < -0.39 is 0 Å². The first-order valence-electron chi connectivity index (χ1n) is 9.55. The molecule has 2 aliphatic heterocycles. The lowest BCUT2D eigenvalue weighted by Gasteiger charge is -2.35. The number of piperidine rings is 2. The van der Waals surface area contributed by atoms with Crippen LogP contribution in [0, 0.1) is 5.92 Å². The highest BCUT2D eigenvalue weighted by molar-refractivity contribution is 6.35. The predicted octanol–water partition coefficient (Wildman–Crippen LogP) is 4.18. The zero-order chi connectivity index (χ0) is 18.5. The van der Waals surface area contributed by atoms with Crippen LogP contribution >= 0.6 is 23.2 Å². The number of hydrogen-bond acceptors (Lipinski definition) is 2. The minimum absolute atomic E-state index is 0.0860. The van der Waals surface area contributed by atoms with Crippen LogP contribution in [0.1, 0.15) is 44.1 Å². The summed E-state index contributed by atoms with van der Waals surface area (Å²) >= 11 is 12.1. The fraction of sp³-hybridized carbons (Fsp3) is 0.600. The molecule has 6 heteroatoms. The maximum absolute atomic E-state index is 12.6. The Bertz CT molecular complexity index is 651. The first kappa shape index (κ1) is 19.5. The van der Waals surface area contributed by atoms with Gasteiger partial charge in [-0.25, -0.2) is 0 Å². The van der Waals surface area contributed by atoms with E-state index in [2.05, 4.69) is 0 Å². The van der Waals surface area contributed by atoms with Crippen molar-refractivity contribution >= 4 is 35.0 Å². The van der Waals surface area contributed by atoms with Crippen LogP contribution in [0.2, 0.25) is 10.0 Å². The Hall–Kier alpha value is -1.26. The average molecular weight is 397 g/mol. The molecule has 0 aliphatic carbocycles. The van der Waals surface area contributed by atoms with Gasteiger partial charge in [-0.1, -0.05) is 29.3 Å². The van der Waals surface area contributed by atoms with Crippen LogP contribution in [0.15, 0.2) is 18.2 Å². The molecule has 0 radical (unpaired) electrons. The minimum atomic E-state index is 0.0860. The normalized spacial score (nSPS) is 18.8. The summed E-state index contributed by atoms with van der Waals surface area (Å²) in [4.78, 5) is 29.0. The molecule has 2 heterocycles. The van der Waals surface area contributed by atoms with Crippen molar-refractivity contribution in [3.8, 4) is 0 Å². The summed E-state index contributed by atoms with van der Waals surface area (Å²) in [6.45, 7) is 3.16. The molecule has 3 rings (SSSR count). The van der Waals surface area contributed by atoms with E-state index >= 15 is 0 Å². The van der Waals surface area contributed by atoms with Crippen LogP contribution in [-0.4, -0.2) is 47.8 Å². The number of nitrogens with zero attached hydrogens (tertiary/aromatic N) is 2. The highest BCUT2D eigenvalue weighted by Crippen LogP contribution is 2.24. The number of halogens is 2. The zero-order valence-electron chi connectivity index (χ0n) is 15.1. The second-order valence-electron chi connectivity index (χ2n) is 7.28. The molecule has 0 N–H and O–H groups in total. The van der Waals surface area contributed by atoms with Crippen molar-refractivity contribution in [2.75, 3.05) is 26.2 Å². The van der Waals surface area contributed by atoms with Crippen molar-refractivity contribution in [3.63, 3.8) is 0 Å². The zero-order valence-corrected chi connectivity index (χ0v) is 16.6. The molecule has 2 saturated heterocycles. The molecule has 0 saturated carbocycles. The van der Waals surface area contributed by atoms with Gasteiger partial charge >= 0.3 is 0 Å². The van der Waals surface area contributed by atoms with Gasteiger partial charge in [-0.05, 0) is 56.2 Å². The van der Waals surface area contributed by atoms with Gasteiger partial charge in [-0.15, -0.1) is 0 Å². The monoisotopic (exact) mass is 396 g/mol. The van der Waals surface area contributed by atoms with E-state index in [0.29, 0.717) is 41.9 Å². The quantitative estimate of drug-likeness (QED) is 0.765. The topological polar surface area (TPSA) is 40.6 Å². The molecule has 0 aromatic heterocycles. The van der Waals surface area contributed by atoms with Gasteiger partial charge in [-0.2, -0.15) is 0 Å². The number of benzene rings is 1. The molecule has 1 aromatic carbocycles. The van der Waals surface area contributed by atoms with Crippen LogP contribution in [0.5, 0.6) is 0 Å². The van der Waals surface area contributed by atoms with Gasteiger partial charge in [0.1, 0.15) is 0 Å². The highest BCUT2D eigenvalue weighted by atomic mass is 35.5. The van der Waals surface area contributed by atoms with Gasteiger partial charge in [-0.3, -0.25) is 9.59 Å². The van der Waals surface area contributed by atoms with Crippen LogP contribution in [0.3, 0.4) is 0 Å². The third-order valence-corrected chi connectivity index (χ3v) is 6.07. The van der Waals surface area contributed by atoms with Gasteiger partial charge in [0.25, 0.3) is 0 Å². The number of hydrogen-bond donors (Lipinski definition) is 0. The molecule has 4 nitrogen and oxygen atoms in total. The number of amides is 2. The molecule has 26 heavy (non-hydrogen) atoms. The summed E-state index contributed by atoms with van der Waals surface area (Å²) in [5.41, 5.74) is 0.944. The molecule has 2 aliphatic rings. The van der Waals surface area contributed by atoms with E-state index in [-0.39, 0.29) is 11.8 Å². The SMILES string of the molecule is O=C(CCc1ccc(Cl)cc1Cl)N1CCC(C(=O)N2CCCCC2)CC1. The largest absolute Gasteiger partial charge is 0.343 e. The van der Waals surface area contributed by atoms with Gasteiger partial charge < -0.3 is 9.80 Å². The average Bonchev–Trinajstić information content (AvgIpc) is 2.67. The first-order chi connectivity index (χ1) is 12.5. The third-order valence-electron chi connectivity index (χ3n) is 5.49. The van der Waals surface area contributed by atoms with Crippen molar-refractivity contribution in [1.29, 1.82) is 0 Å². The Kier molecular flexibility index (Phi) is 6.82. The summed E-state index contributed by atoms with van der Waals surface area (Å²) in [7, 11) is 0. The molecule has 0 unspecified atom stereocenters. The van der Waals surface area contributed by atoms with E-state index in [1.165, 1.54) is 6.42 Å². The molecule has 2 fully saturated rings. The molecule has 0 bridgehead atoms. The number of carbonyl (C=O) groups is 2. The predicted molar refractivity (Wildman–Crippen MR) is 105 cm³/mol. The lowest BCUT2D eigenvalue weighted by molar-refractivity contribution is -0.141. The fourth-order valence-corrected chi connectivity index (χ4v) is 4.38. The molecule has 0 spiro atoms. The van der Waals surface area contributed by atoms with Crippen LogP contribution in [0.4, 0.5) is 0 Å². The first-order valence-corrected chi connectivity index (χ1v) is 10.3. The summed E-state index contributed by atoms with van der Waals surface area (Å²) < 4.78 is 0. The van der Waals surface area contributed by atoms with E-state index in [1.54, 1.807) is 12.1 Å². The van der Waals surface area contributed by atoms with E-state index in [0.717, 1.165) is 44.3 Å². The number of rotatable bonds is 4. The van der Waals surface area contributed by atoms with Crippen molar-refractivity contribution in [1.82, 2.24) is 9.80 Å². The van der Waals surface area contributed by atoms with Crippen molar-refractivity contribution in [2.24, 2.45) is 5.92 Å². The summed E-state index contributed by atoms with van der Waals surface area (Å²) in [6, 6.07) is 5.38. The highest BCUT2D eigenvalue weighted by Gasteiger charge is 2.30. The maximum atomic E-state index is 12.6. The minimum Gasteiger partial charge on any atom is -0.343 e. The van der Waals surface area contributed by atoms with Crippen LogP contribution in [-0.2, 0) is 16.0 Å². The maximum Gasteiger partial charge on any atom is 0.225 e. The van der Waals surface area contributed by atoms with Gasteiger partial charge in [0.2, 0.25) is 11.8 Å². The van der Waals surface area contributed by atoms with Crippen LogP contribution in [0.25, 0.3) is 0 Å². The summed E-state index contributed by atoms with van der Waals surface area (Å²) in [5, 5.41) is 1.21. The van der Waals surface area contributed by atoms with Crippen LogP contribution < -0.4 is 0 Å². The Morgan fingerprint density at radius 2 is 1.65 bits per heavy atom. The van der Waals surface area contributed by atoms with Gasteiger partial charge in [0.05, 0.1) is 0 Å².